The summed E-state index contributed by atoms with van der Waals surface area (Å²) in [6, 6.07) is 0. The number of ether oxygens (including phenoxy) is 1. The largest absolute Gasteiger partial charge is 0.371 e. The minimum Gasteiger partial charge on any atom is -0.371 e. The number of nitrogens with zero attached hydrogens (tertiary/aromatic N) is 4. The summed E-state index contributed by atoms with van der Waals surface area (Å²) in [7, 11) is 3.35. The average Bonchev–Trinajstić information content (AvgIpc) is 3.04. The highest BCUT2D eigenvalue weighted by molar-refractivity contribution is 5.69. The number of rotatable bonds is 2. The number of imidazole rings is 1. The van der Waals surface area contributed by atoms with Crippen LogP contribution in [0, 0.1) is 0 Å². The highest BCUT2D eigenvalue weighted by Crippen LogP contribution is 2.10. The van der Waals surface area contributed by atoms with E-state index in [4.69, 9.17) is 4.74 Å². The molecule has 0 spiro atoms. The van der Waals surface area contributed by atoms with E-state index in [1.807, 2.05) is 0 Å². The van der Waals surface area contributed by atoms with E-state index in [0.717, 1.165) is 0 Å². The van der Waals surface area contributed by atoms with Crippen molar-refractivity contribution in [3.05, 3.63) is 27.2 Å². The Bertz CT molecular complexity index is 705. The fraction of sp³-hybridized carbons (Fsp3) is 0.500. The van der Waals surface area contributed by atoms with Gasteiger partial charge < -0.3 is 9.30 Å². The van der Waals surface area contributed by atoms with Crippen molar-refractivity contribution in [1.29, 1.82) is 0 Å². The summed E-state index contributed by atoms with van der Waals surface area (Å²) in [4.78, 5) is 28.2. The number of fused-ring (bicyclic) bond motifs is 1. The van der Waals surface area contributed by atoms with Crippen LogP contribution in [0.1, 0.15) is 0 Å². The zero-order chi connectivity index (χ0) is 12.2. The van der Waals surface area contributed by atoms with E-state index in [2.05, 4.69) is 4.98 Å². The second-order valence-corrected chi connectivity index (χ2v) is 4.24. The second kappa shape index (κ2) is 3.30. The Kier molecular flexibility index (Phi) is 1.99. The molecule has 0 unspecified atom stereocenters. The van der Waals surface area contributed by atoms with Crippen molar-refractivity contribution in [2.75, 3.05) is 6.61 Å². The van der Waals surface area contributed by atoms with Gasteiger partial charge in [0.2, 0.25) is 0 Å². The van der Waals surface area contributed by atoms with Gasteiger partial charge in [-0.1, -0.05) is 0 Å². The molecular formula is C10H12N4O3. The van der Waals surface area contributed by atoms with E-state index in [0.29, 0.717) is 24.3 Å². The quantitative estimate of drug-likeness (QED) is 0.616. The summed E-state index contributed by atoms with van der Waals surface area (Å²) < 4.78 is 9.28. The van der Waals surface area contributed by atoms with Crippen molar-refractivity contribution in [1.82, 2.24) is 18.7 Å². The van der Waals surface area contributed by atoms with Gasteiger partial charge >= 0.3 is 5.69 Å². The molecule has 17 heavy (non-hydrogen) atoms. The van der Waals surface area contributed by atoms with Crippen LogP contribution in [0.3, 0.4) is 0 Å². The Labute approximate surface area is 95.9 Å². The SMILES string of the molecule is Cn1cnc2c1c(=O)n(C[C@H]1CO1)c(=O)n2C. The molecule has 0 aliphatic carbocycles. The first-order chi connectivity index (χ1) is 8.09. The average molecular weight is 236 g/mol. The van der Waals surface area contributed by atoms with Crippen molar-refractivity contribution in [2.24, 2.45) is 14.1 Å². The molecule has 0 radical (unpaired) electrons. The zero-order valence-corrected chi connectivity index (χ0v) is 9.58. The van der Waals surface area contributed by atoms with Gasteiger partial charge in [-0.25, -0.2) is 9.78 Å². The van der Waals surface area contributed by atoms with E-state index in [9.17, 15) is 9.59 Å². The molecule has 2 aromatic heterocycles. The van der Waals surface area contributed by atoms with Gasteiger partial charge in [0, 0.05) is 14.1 Å². The number of hydrogen-bond acceptors (Lipinski definition) is 4. The third-order valence-corrected chi connectivity index (χ3v) is 2.99. The third-order valence-electron chi connectivity index (χ3n) is 2.99. The Balaban J connectivity index is 2.37. The molecule has 2 aromatic rings. The monoisotopic (exact) mass is 236 g/mol. The maximum Gasteiger partial charge on any atom is 0.332 e. The molecule has 7 nitrogen and oxygen atoms in total. The second-order valence-electron chi connectivity index (χ2n) is 4.24. The molecule has 0 saturated carbocycles. The van der Waals surface area contributed by atoms with Crippen LogP contribution in [0.2, 0.25) is 0 Å². The highest BCUT2D eigenvalue weighted by Gasteiger charge is 2.26. The molecule has 1 fully saturated rings. The van der Waals surface area contributed by atoms with E-state index < -0.39 is 0 Å². The lowest BCUT2D eigenvalue weighted by Crippen LogP contribution is -2.40. The summed E-state index contributed by atoms with van der Waals surface area (Å²) >= 11 is 0. The van der Waals surface area contributed by atoms with Crippen molar-refractivity contribution in [3.63, 3.8) is 0 Å². The first kappa shape index (κ1) is 10.3. The van der Waals surface area contributed by atoms with Crippen LogP contribution in [0.25, 0.3) is 11.2 Å². The molecule has 0 amide bonds. The fourth-order valence-corrected chi connectivity index (χ4v) is 1.93. The number of hydrogen-bond donors (Lipinski definition) is 0. The van der Waals surface area contributed by atoms with E-state index >= 15 is 0 Å². The lowest BCUT2D eigenvalue weighted by molar-refractivity contribution is 0.375. The Morgan fingerprint density at radius 3 is 2.82 bits per heavy atom. The molecule has 0 N–H and O–H groups in total. The van der Waals surface area contributed by atoms with Gasteiger partial charge in [-0.2, -0.15) is 0 Å². The first-order valence-electron chi connectivity index (χ1n) is 5.32. The van der Waals surface area contributed by atoms with Crippen LogP contribution in [-0.4, -0.2) is 31.4 Å². The van der Waals surface area contributed by atoms with Crippen molar-refractivity contribution in [3.8, 4) is 0 Å². The van der Waals surface area contributed by atoms with Crippen LogP contribution in [-0.2, 0) is 25.4 Å². The standard InChI is InChI=1S/C10H12N4O3/c1-12-5-11-8-7(12)9(15)14(3-6-4-17-6)10(16)13(8)2/h5-6H,3-4H2,1-2H3/t6-/m0/s1. The minimum absolute atomic E-state index is 0.00826. The normalized spacial score (nSPS) is 18.8. The molecule has 1 atom stereocenters. The van der Waals surface area contributed by atoms with Gasteiger partial charge in [0.05, 0.1) is 25.6 Å². The van der Waals surface area contributed by atoms with Gasteiger partial charge in [0.1, 0.15) is 0 Å². The zero-order valence-electron chi connectivity index (χ0n) is 9.58. The third kappa shape index (κ3) is 1.42. The van der Waals surface area contributed by atoms with E-state index in [1.54, 1.807) is 18.7 Å². The van der Waals surface area contributed by atoms with Gasteiger partial charge in [-0.3, -0.25) is 13.9 Å². The first-order valence-corrected chi connectivity index (χ1v) is 5.32. The Morgan fingerprint density at radius 2 is 2.18 bits per heavy atom. The summed E-state index contributed by atoms with van der Waals surface area (Å²) in [6.07, 6.45) is 1.52. The van der Waals surface area contributed by atoms with Crippen LogP contribution >= 0.6 is 0 Å². The molecule has 90 valence electrons. The van der Waals surface area contributed by atoms with Crippen LogP contribution in [0.15, 0.2) is 15.9 Å². The maximum atomic E-state index is 12.2. The van der Waals surface area contributed by atoms with Crippen molar-refractivity contribution in [2.45, 2.75) is 12.6 Å². The molecule has 1 aliphatic heterocycles. The molecular weight excluding hydrogens is 224 g/mol. The van der Waals surface area contributed by atoms with E-state index in [-0.39, 0.29) is 17.4 Å². The molecule has 0 aromatic carbocycles. The number of epoxide rings is 1. The lowest BCUT2D eigenvalue weighted by Gasteiger charge is -2.06. The predicted molar refractivity (Wildman–Crippen MR) is 60.0 cm³/mol. The van der Waals surface area contributed by atoms with Gasteiger partial charge in [-0.15, -0.1) is 0 Å². The summed E-state index contributed by atoms with van der Waals surface area (Å²) in [5, 5.41) is 0. The number of aromatic nitrogens is 4. The highest BCUT2D eigenvalue weighted by atomic mass is 16.6. The number of aryl methyl sites for hydroxylation is 2. The Hall–Kier alpha value is -1.89. The molecule has 1 saturated heterocycles. The molecule has 1 aliphatic rings. The van der Waals surface area contributed by atoms with E-state index in [1.165, 1.54) is 15.5 Å². The van der Waals surface area contributed by atoms with Gasteiger partial charge in [-0.05, 0) is 0 Å². The Morgan fingerprint density at radius 1 is 1.47 bits per heavy atom. The van der Waals surface area contributed by atoms with Gasteiger partial charge in [0.25, 0.3) is 5.56 Å². The molecule has 7 heteroatoms. The van der Waals surface area contributed by atoms with Gasteiger partial charge in [0.15, 0.2) is 11.2 Å². The summed E-state index contributed by atoms with van der Waals surface area (Å²) in [6.45, 7) is 0.922. The summed E-state index contributed by atoms with van der Waals surface area (Å²) in [5.74, 6) is 0. The van der Waals surface area contributed by atoms with Crippen LogP contribution in [0.5, 0.6) is 0 Å². The topological polar surface area (TPSA) is 74.3 Å². The fourth-order valence-electron chi connectivity index (χ4n) is 1.93. The predicted octanol–water partition coefficient (Wildman–Crippen LogP) is -1.17. The van der Waals surface area contributed by atoms with Crippen LogP contribution < -0.4 is 11.2 Å². The molecule has 3 rings (SSSR count). The molecule has 0 bridgehead atoms. The minimum atomic E-state index is -0.350. The lowest BCUT2D eigenvalue weighted by atomic mass is 10.4. The maximum absolute atomic E-state index is 12.2. The van der Waals surface area contributed by atoms with Crippen molar-refractivity contribution >= 4 is 11.2 Å². The smallest absolute Gasteiger partial charge is 0.332 e. The van der Waals surface area contributed by atoms with Crippen LogP contribution in [0.4, 0.5) is 0 Å². The van der Waals surface area contributed by atoms with Crippen molar-refractivity contribution < 1.29 is 4.74 Å². The summed E-state index contributed by atoms with van der Waals surface area (Å²) in [5.41, 5.74) is 0.193. The molecule has 3 heterocycles.